The molecule has 1 aliphatic heterocycles. The van der Waals surface area contributed by atoms with Gasteiger partial charge in [0, 0.05) is 0 Å². The highest BCUT2D eigenvalue weighted by Gasteiger charge is 2.44. The number of nitrogens with zero attached hydrogens (tertiary/aromatic N) is 1. The summed E-state index contributed by atoms with van der Waals surface area (Å²) in [6.45, 7) is 1.87. The van der Waals surface area contributed by atoms with Crippen molar-refractivity contribution in [2.24, 2.45) is 28.8 Å². The van der Waals surface area contributed by atoms with Gasteiger partial charge in [0.2, 0.25) is 0 Å². The van der Waals surface area contributed by atoms with Crippen molar-refractivity contribution >= 4 is 0 Å². The van der Waals surface area contributed by atoms with E-state index in [9.17, 15) is 0 Å². The Morgan fingerprint density at radius 1 is 1.50 bits per heavy atom. The third kappa shape index (κ3) is 0.896. The van der Waals surface area contributed by atoms with E-state index < -0.39 is 11.8 Å². The van der Waals surface area contributed by atoms with Crippen LogP contribution in [0.25, 0.3) is 0 Å². The Morgan fingerprint density at radius 3 is 2.17 bits per heavy atom. The van der Waals surface area contributed by atoms with Crippen LogP contribution in [0.2, 0.25) is 0 Å². The van der Waals surface area contributed by atoms with E-state index in [4.69, 9.17) is 28.8 Å². The lowest BCUT2D eigenvalue weighted by Gasteiger charge is -2.33. The van der Waals surface area contributed by atoms with Gasteiger partial charge in [-0.05, 0) is 6.42 Å². The van der Waals surface area contributed by atoms with Crippen molar-refractivity contribution in [3.63, 3.8) is 0 Å². The second-order valence-electron chi connectivity index (χ2n) is 3.00. The average Bonchev–Trinajstić information content (AvgIpc) is 2.22. The van der Waals surface area contributed by atoms with Gasteiger partial charge in [-0.3, -0.25) is 5.84 Å². The summed E-state index contributed by atoms with van der Waals surface area (Å²) in [6.07, 6.45) is -0.000972. The molecular formula is C6H16N6. The van der Waals surface area contributed by atoms with Crippen molar-refractivity contribution in [2.75, 3.05) is 0 Å². The van der Waals surface area contributed by atoms with Gasteiger partial charge in [0.1, 0.15) is 11.8 Å². The van der Waals surface area contributed by atoms with Gasteiger partial charge in [0.05, 0.1) is 11.4 Å². The summed E-state index contributed by atoms with van der Waals surface area (Å²) in [4.78, 5) is 0. The summed E-state index contributed by atoms with van der Waals surface area (Å²) in [5.74, 6) is 5.63. The van der Waals surface area contributed by atoms with Gasteiger partial charge in [-0.25, -0.2) is 0 Å². The van der Waals surface area contributed by atoms with E-state index in [1.54, 1.807) is 0 Å². The zero-order valence-corrected chi connectivity index (χ0v) is 7.12. The van der Waals surface area contributed by atoms with Crippen LogP contribution < -0.4 is 28.8 Å². The van der Waals surface area contributed by atoms with E-state index in [2.05, 4.69) is 0 Å². The zero-order chi connectivity index (χ0) is 9.52. The van der Waals surface area contributed by atoms with E-state index in [1.807, 2.05) is 6.92 Å². The Kier molecular flexibility index (Phi) is 2.01. The van der Waals surface area contributed by atoms with E-state index in [1.165, 1.54) is 5.01 Å². The van der Waals surface area contributed by atoms with E-state index >= 15 is 0 Å². The second kappa shape index (κ2) is 2.60. The van der Waals surface area contributed by atoms with Crippen molar-refractivity contribution in [3.05, 3.63) is 11.4 Å². The molecular weight excluding hydrogens is 156 g/mol. The molecule has 1 heterocycles. The lowest BCUT2D eigenvalue weighted by molar-refractivity contribution is 0.112. The van der Waals surface area contributed by atoms with Crippen LogP contribution in [0.15, 0.2) is 11.4 Å². The van der Waals surface area contributed by atoms with Gasteiger partial charge in [0.15, 0.2) is 0 Å². The van der Waals surface area contributed by atoms with Gasteiger partial charge in [-0.15, -0.1) is 0 Å². The number of nitrogens with two attached hydrogens (primary N) is 5. The normalized spacial score (nSPS) is 37.8. The predicted molar refractivity (Wildman–Crippen MR) is 46.6 cm³/mol. The van der Waals surface area contributed by atoms with Crippen molar-refractivity contribution in [1.82, 2.24) is 5.01 Å². The molecule has 2 atom stereocenters. The summed E-state index contributed by atoms with van der Waals surface area (Å²) in [5, 5.41) is 1.29. The molecule has 70 valence electrons. The molecule has 0 aromatic heterocycles. The molecule has 6 nitrogen and oxygen atoms in total. The maximum Gasteiger partial charge on any atom is 0.126 e. The summed E-state index contributed by atoms with van der Waals surface area (Å²) >= 11 is 0. The number of hydrogen-bond donors (Lipinski definition) is 5. The minimum absolute atomic E-state index is 0.363. The fraction of sp³-hybridized carbons (Fsp3) is 0.667. The zero-order valence-electron chi connectivity index (χ0n) is 7.12. The van der Waals surface area contributed by atoms with Gasteiger partial charge < -0.3 is 22.9 Å². The Balaban J connectivity index is 3.07. The third-order valence-electron chi connectivity index (χ3n) is 2.40. The Labute approximate surface area is 71.3 Å². The van der Waals surface area contributed by atoms with Crippen LogP contribution in [0.4, 0.5) is 0 Å². The van der Waals surface area contributed by atoms with Crippen molar-refractivity contribution in [3.8, 4) is 0 Å². The fourth-order valence-corrected chi connectivity index (χ4v) is 1.32. The molecule has 1 aliphatic rings. The number of rotatable bonds is 1. The van der Waals surface area contributed by atoms with Crippen molar-refractivity contribution < 1.29 is 0 Å². The molecule has 0 saturated heterocycles. The van der Waals surface area contributed by atoms with Gasteiger partial charge in [-0.1, -0.05) is 6.92 Å². The quantitative estimate of drug-likeness (QED) is 0.281. The third-order valence-corrected chi connectivity index (χ3v) is 2.40. The molecule has 0 bridgehead atoms. The average molecular weight is 172 g/mol. The molecule has 0 amide bonds. The predicted octanol–water partition coefficient (Wildman–Crippen LogP) is -2.35. The van der Waals surface area contributed by atoms with Gasteiger partial charge in [0.25, 0.3) is 0 Å². The van der Waals surface area contributed by atoms with Crippen molar-refractivity contribution in [1.29, 1.82) is 0 Å². The first-order chi connectivity index (χ1) is 5.45. The van der Waals surface area contributed by atoms with Crippen LogP contribution >= 0.6 is 0 Å². The summed E-state index contributed by atoms with van der Waals surface area (Å²) < 4.78 is 0. The molecule has 0 spiro atoms. The smallest absolute Gasteiger partial charge is 0.126 e. The highest BCUT2D eigenvalue weighted by molar-refractivity contribution is 5.29. The first-order valence-electron chi connectivity index (χ1n) is 3.79. The van der Waals surface area contributed by atoms with Crippen LogP contribution in [0.1, 0.15) is 13.3 Å². The first-order valence-corrected chi connectivity index (χ1v) is 3.79. The topological polar surface area (TPSA) is 133 Å². The van der Waals surface area contributed by atoms with Crippen molar-refractivity contribution in [2.45, 2.75) is 25.2 Å². The second-order valence-corrected chi connectivity index (χ2v) is 3.00. The van der Waals surface area contributed by atoms with E-state index in [0.717, 1.165) is 0 Å². The lowest BCUT2D eigenvalue weighted by Crippen LogP contribution is -2.62. The van der Waals surface area contributed by atoms with E-state index in [0.29, 0.717) is 17.8 Å². The molecule has 12 heavy (non-hydrogen) atoms. The summed E-state index contributed by atoms with van der Waals surface area (Å²) in [6, 6.07) is 0. The standard InChI is InChI=1S/C6H16N6/c1-2-6(10)4(8)3(7)5(9)12(6)11/h5H,2,7-11H2,1H3. The molecule has 0 aromatic rings. The largest absolute Gasteiger partial charge is 0.398 e. The molecule has 0 saturated carbocycles. The molecule has 0 aromatic carbocycles. The summed E-state index contributed by atoms with van der Waals surface area (Å²) in [7, 11) is 0. The number of hydrogen-bond acceptors (Lipinski definition) is 6. The Hall–Kier alpha value is -0.820. The SMILES string of the molecule is CCC1(N)C(N)=C(N)C(N)N1N. The Bertz CT molecular complexity index is 224. The van der Waals surface area contributed by atoms with Gasteiger partial charge >= 0.3 is 0 Å². The van der Waals surface area contributed by atoms with E-state index in [-0.39, 0.29) is 0 Å². The van der Waals surface area contributed by atoms with Crippen LogP contribution in [0.3, 0.4) is 0 Å². The molecule has 1 rings (SSSR count). The molecule has 0 radical (unpaired) electrons. The van der Waals surface area contributed by atoms with Gasteiger partial charge in [-0.2, -0.15) is 5.01 Å². The Morgan fingerprint density at radius 2 is 2.00 bits per heavy atom. The van der Waals surface area contributed by atoms with Crippen LogP contribution in [-0.2, 0) is 0 Å². The van der Waals surface area contributed by atoms with Crippen LogP contribution in [0, 0.1) is 0 Å². The molecule has 2 unspecified atom stereocenters. The lowest BCUT2D eigenvalue weighted by atomic mass is 10.1. The maximum absolute atomic E-state index is 5.88. The first kappa shape index (κ1) is 9.27. The highest BCUT2D eigenvalue weighted by Crippen LogP contribution is 2.27. The minimum Gasteiger partial charge on any atom is -0.398 e. The molecule has 0 aliphatic carbocycles. The number of hydrazine groups is 1. The minimum atomic E-state index is -0.885. The monoisotopic (exact) mass is 172 g/mol. The van der Waals surface area contributed by atoms with Crippen LogP contribution in [0.5, 0.6) is 0 Å². The molecule has 0 fully saturated rings. The summed E-state index contributed by atoms with van der Waals surface area (Å²) in [5.41, 5.74) is 22.6. The van der Waals surface area contributed by atoms with Crippen LogP contribution in [-0.4, -0.2) is 16.8 Å². The maximum atomic E-state index is 5.88. The molecule has 10 N–H and O–H groups in total. The fourth-order valence-electron chi connectivity index (χ4n) is 1.32. The highest BCUT2D eigenvalue weighted by atomic mass is 15.5. The molecule has 6 heteroatoms.